The molecule has 100 valence electrons. The summed E-state index contributed by atoms with van der Waals surface area (Å²) < 4.78 is 44.6. The topological polar surface area (TPSA) is 94.7 Å². The quantitative estimate of drug-likeness (QED) is 0.848. The van der Waals surface area contributed by atoms with Crippen LogP contribution >= 0.6 is 0 Å². The standard InChI is InChI=1S/C9H9F3N2O4/c1-17-5-2-4(3-13)14-7(6(5)8(15)16)18-9(10,11)12/h2H,3,13H2,1H3,(H,15,16). The molecule has 6 nitrogen and oxygen atoms in total. The van der Waals surface area contributed by atoms with Crippen LogP contribution in [-0.4, -0.2) is 29.5 Å². The summed E-state index contributed by atoms with van der Waals surface area (Å²) in [5.74, 6) is -3.06. The Hall–Kier alpha value is -2.03. The summed E-state index contributed by atoms with van der Waals surface area (Å²) in [7, 11) is 1.11. The van der Waals surface area contributed by atoms with Crippen molar-refractivity contribution in [2.45, 2.75) is 12.9 Å². The van der Waals surface area contributed by atoms with Crippen LogP contribution in [0.5, 0.6) is 11.6 Å². The van der Waals surface area contributed by atoms with Gasteiger partial charge in [0.2, 0.25) is 5.88 Å². The van der Waals surface area contributed by atoms with Crippen LogP contribution < -0.4 is 15.2 Å². The van der Waals surface area contributed by atoms with Crippen LogP contribution in [0.1, 0.15) is 16.1 Å². The molecule has 0 fully saturated rings. The molecule has 0 aliphatic rings. The number of aromatic nitrogens is 1. The minimum absolute atomic E-state index is 0.0103. The van der Waals surface area contributed by atoms with Crippen molar-refractivity contribution in [1.29, 1.82) is 0 Å². The zero-order valence-electron chi connectivity index (χ0n) is 9.11. The van der Waals surface area contributed by atoms with Crippen molar-refractivity contribution in [2.75, 3.05) is 7.11 Å². The number of hydrogen-bond donors (Lipinski definition) is 2. The van der Waals surface area contributed by atoms with Crippen LogP contribution in [0.25, 0.3) is 0 Å². The molecule has 1 aromatic rings. The number of carboxylic acid groups (broad SMARTS) is 1. The average molecular weight is 266 g/mol. The third-order valence-corrected chi connectivity index (χ3v) is 1.86. The fourth-order valence-electron chi connectivity index (χ4n) is 1.19. The predicted molar refractivity (Wildman–Crippen MR) is 52.3 cm³/mol. The van der Waals surface area contributed by atoms with E-state index in [9.17, 15) is 18.0 Å². The van der Waals surface area contributed by atoms with Crippen molar-refractivity contribution < 1.29 is 32.5 Å². The normalized spacial score (nSPS) is 11.2. The number of nitrogens with zero attached hydrogens (tertiary/aromatic N) is 1. The van der Waals surface area contributed by atoms with Gasteiger partial charge < -0.3 is 20.3 Å². The third kappa shape index (κ3) is 3.23. The smallest absolute Gasteiger partial charge is 0.496 e. The van der Waals surface area contributed by atoms with Gasteiger partial charge in [-0.05, 0) is 0 Å². The minimum Gasteiger partial charge on any atom is -0.496 e. The van der Waals surface area contributed by atoms with E-state index in [4.69, 9.17) is 10.8 Å². The molecule has 0 radical (unpaired) electrons. The van der Waals surface area contributed by atoms with Crippen molar-refractivity contribution in [3.05, 3.63) is 17.3 Å². The van der Waals surface area contributed by atoms with Gasteiger partial charge in [0.05, 0.1) is 12.8 Å². The average Bonchev–Trinajstić information content (AvgIpc) is 2.25. The zero-order valence-corrected chi connectivity index (χ0v) is 9.11. The number of carboxylic acids is 1. The molecule has 0 spiro atoms. The van der Waals surface area contributed by atoms with Gasteiger partial charge in [0, 0.05) is 12.6 Å². The van der Waals surface area contributed by atoms with Crippen LogP contribution in [-0.2, 0) is 6.54 Å². The van der Waals surface area contributed by atoms with Crippen LogP contribution in [0.2, 0.25) is 0 Å². The Morgan fingerprint density at radius 3 is 2.56 bits per heavy atom. The Morgan fingerprint density at radius 2 is 2.17 bits per heavy atom. The third-order valence-electron chi connectivity index (χ3n) is 1.86. The number of nitrogens with two attached hydrogens (primary N) is 1. The summed E-state index contributed by atoms with van der Waals surface area (Å²) in [6, 6.07) is 1.13. The van der Waals surface area contributed by atoms with Crippen LogP contribution in [0.3, 0.4) is 0 Å². The SMILES string of the molecule is COc1cc(CN)nc(OC(F)(F)F)c1C(=O)O. The summed E-state index contributed by atoms with van der Waals surface area (Å²) in [4.78, 5) is 14.3. The van der Waals surface area contributed by atoms with E-state index >= 15 is 0 Å². The molecule has 0 aliphatic carbocycles. The van der Waals surface area contributed by atoms with Gasteiger partial charge in [-0.3, -0.25) is 0 Å². The van der Waals surface area contributed by atoms with E-state index in [-0.39, 0.29) is 18.0 Å². The Labute approximate surface area is 99.1 Å². The van der Waals surface area contributed by atoms with Gasteiger partial charge in [0.15, 0.2) is 5.56 Å². The highest BCUT2D eigenvalue weighted by molar-refractivity contribution is 5.93. The van der Waals surface area contributed by atoms with E-state index in [1.54, 1.807) is 0 Å². The second kappa shape index (κ2) is 5.08. The van der Waals surface area contributed by atoms with E-state index in [1.807, 2.05) is 0 Å². The van der Waals surface area contributed by atoms with Gasteiger partial charge >= 0.3 is 12.3 Å². The van der Waals surface area contributed by atoms with Crippen LogP contribution in [0.4, 0.5) is 13.2 Å². The zero-order chi connectivity index (χ0) is 13.9. The highest BCUT2D eigenvalue weighted by Gasteiger charge is 2.35. The molecule has 1 heterocycles. The molecule has 0 atom stereocenters. The monoisotopic (exact) mass is 266 g/mol. The van der Waals surface area contributed by atoms with Crippen LogP contribution in [0, 0.1) is 0 Å². The Kier molecular flexibility index (Phi) is 3.96. The van der Waals surface area contributed by atoms with Crippen molar-refractivity contribution in [3.8, 4) is 11.6 Å². The molecule has 9 heteroatoms. The Balaban J connectivity index is 3.39. The lowest BCUT2D eigenvalue weighted by Crippen LogP contribution is -2.21. The lowest BCUT2D eigenvalue weighted by Gasteiger charge is -2.14. The Morgan fingerprint density at radius 1 is 1.56 bits per heavy atom. The fourth-order valence-corrected chi connectivity index (χ4v) is 1.19. The Bertz CT molecular complexity index is 462. The molecule has 0 amide bonds. The second-order valence-electron chi connectivity index (χ2n) is 3.05. The number of aromatic carboxylic acids is 1. The molecule has 1 aromatic heterocycles. The van der Waals surface area contributed by atoms with Crippen molar-refractivity contribution >= 4 is 5.97 Å². The molecule has 18 heavy (non-hydrogen) atoms. The van der Waals surface area contributed by atoms with Gasteiger partial charge in [-0.1, -0.05) is 0 Å². The van der Waals surface area contributed by atoms with Gasteiger partial charge in [-0.25, -0.2) is 9.78 Å². The number of rotatable bonds is 4. The maximum Gasteiger partial charge on any atom is 0.574 e. The molecular formula is C9H9F3N2O4. The first-order valence-corrected chi connectivity index (χ1v) is 4.55. The van der Waals surface area contributed by atoms with E-state index in [1.165, 1.54) is 0 Å². The van der Waals surface area contributed by atoms with Gasteiger partial charge in [0.25, 0.3) is 0 Å². The summed E-state index contributed by atoms with van der Waals surface area (Å²) in [5.41, 5.74) is 4.43. The predicted octanol–water partition coefficient (Wildman–Crippen LogP) is 1.15. The molecule has 0 saturated heterocycles. The number of carbonyl (C=O) groups is 1. The highest BCUT2D eigenvalue weighted by Crippen LogP contribution is 2.31. The maximum atomic E-state index is 12.1. The summed E-state index contributed by atoms with van der Waals surface area (Å²) in [6.07, 6.45) is -5.06. The van der Waals surface area contributed by atoms with E-state index in [0.717, 1.165) is 13.2 Å². The number of alkyl halides is 3. The van der Waals surface area contributed by atoms with Crippen molar-refractivity contribution in [3.63, 3.8) is 0 Å². The van der Waals surface area contributed by atoms with Gasteiger partial charge in [0.1, 0.15) is 5.75 Å². The maximum absolute atomic E-state index is 12.1. The number of hydrogen-bond acceptors (Lipinski definition) is 5. The summed E-state index contributed by atoms with van der Waals surface area (Å²) >= 11 is 0. The minimum atomic E-state index is -5.06. The summed E-state index contributed by atoms with van der Waals surface area (Å²) in [6.45, 7) is -0.190. The second-order valence-corrected chi connectivity index (χ2v) is 3.05. The number of methoxy groups -OCH3 is 1. The van der Waals surface area contributed by atoms with Crippen LogP contribution in [0.15, 0.2) is 6.07 Å². The number of pyridine rings is 1. The molecule has 3 N–H and O–H groups in total. The molecule has 0 unspecified atom stereocenters. The van der Waals surface area contributed by atoms with E-state index < -0.39 is 23.8 Å². The molecule has 0 aromatic carbocycles. The first kappa shape index (κ1) is 14.0. The molecular weight excluding hydrogens is 257 g/mol. The van der Waals surface area contributed by atoms with E-state index in [2.05, 4.69) is 14.5 Å². The van der Waals surface area contributed by atoms with Gasteiger partial charge in [-0.15, -0.1) is 13.2 Å². The molecule has 1 rings (SSSR count). The first-order chi connectivity index (χ1) is 8.28. The molecule has 0 bridgehead atoms. The summed E-state index contributed by atoms with van der Waals surface area (Å²) in [5, 5.41) is 8.84. The molecule has 0 aliphatic heterocycles. The first-order valence-electron chi connectivity index (χ1n) is 4.55. The lowest BCUT2D eigenvalue weighted by atomic mass is 10.2. The fraction of sp³-hybridized carbons (Fsp3) is 0.333. The van der Waals surface area contributed by atoms with Gasteiger partial charge in [-0.2, -0.15) is 0 Å². The number of halogens is 3. The van der Waals surface area contributed by atoms with Crippen molar-refractivity contribution in [2.24, 2.45) is 5.73 Å². The van der Waals surface area contributed by atoms with Crippen molar-refractivity contribution in [1.82, 2.24) is 4.98 Å². The lowest BCUT2D eigenvalue weighted by molar-refractivity contribution is -0.276. The highest BCUT2D eigenvalue weighted by atomic mass is 19.4. The molecule has 0 saturated carbocycles. The largest absolute Gasteiger partial charge is 0.574 e. The van der Waals surface area contributed by atoms with E-state index in [0.29, 0.717) is 0 Å². The number of ether oxygens (including phenoxy) is 2.